The Kier molecular flexibility index (Phi) is 12.3. The van der Waals surface area contributed by atoms with Crippen molar-refractivity contribution in [2.24, 2.45) is 5.92 Å². The van der Waals surface area contributed by atoms with Crippen LogP contribution in [0, 0.1) is 5.92 Å². The highest BCUT2D eigenvalue weighted by atomic mass is 32.2. The van der Waals surface area contributed by atoms with E-state index in [9.17, 15) is 32.4 Å². The van der Waals surface area contributed by atoms with Gasteiger partial charge in [0.1, 0.15) is 16.7 Å². The number of para-hydroxylation sites is 1. The van der Waals surface area contributed by atoms with Gasteiger partial charge in [0.25, 0.3) is 5.91 Å². The second-order valence-corrected chi connectivity index (χ2v) is 15.6. The number of unbranched alkanes of at least 4 members (excludes halogenated alkanes) is 4. The highest BCUT2D eigenvalue weighted by molar-refractivity contribution is 7.92. The van der Waals surface area contributed by atoms with Crippen molar-refractivity contribution in [1.82, 2.24) is 15.4 Å². The van der Waals surface area contributed by atoms with Gasteiger partial charge < -0.3 is 20.1 Å². The fourth-order valence-corrected chi connectivity index (χ4v) is 7.56. The molecule has 276 valence electrons. The van der Waals surface area contributed by atoms with Gasteiger partial charge in [-0.1, -0.05) is 67.8 Å². The lowest BCUT2D eigenvalue weighted by Crippen LogP contribution is -2.65. The van der Waals surface area contributed by atoms with Gasteiger partial charge in [0, 0.05) is 31.6 Å². The zero-order chi connectivity index (χ0) is 37.5. The van der Waals surface area contributed by atoms with Crippen molar-refractivity contribution < 1.29 is 41.9 Å². The second kappa shape index (κ2) is 16.1. The molecular weight excluding hydrogens is 676 g/mol. The lowest BCUT2D eigenvalue weighted by molar-refractivity contribution is -0.140. The van der Waals surface area contributed by atoms with Crippen LogP contribution in [0.1, 0.15) is 83.3 Å². The number of ether oxygens (including phenoxy) is 2. The van der Waals surface area contributed by atoms with E-state index in [4.69, 9.17) is 4.74 Å². The first-order valence-corrected chi connectivity index (χ1v) is 18.5. The monoisotopic (exact) mass is 724 g/mol. The number of rotatable bonds is 16. The molecule has 1 fully saturated rings. The average molecular weight is 725 g/mol. The molecule has 2 aliphatic carbocycles. The molecule has 2 atom stereocenters. The van der Waals surface area contributed by atoms with E-state index >= 15 is 0 Å². The van der Waals surface area contributed by atoms with E-state index in [1.54, 1.807) is 39.0 Å². The summed E-state index contributed by atoms with van der Waals surface area (Å²) >= 11 is 0. The van der Waals surface area contributed by atoms with Gasteiger partial charge in [-0.05, 0) is 63.3 Å². The van der Waals surface area contributed by atoms with Crippen molar-refractivity contribution in [3.05, 3.63) is 78.4 Å². The third-order valence-electron chi connectivity index (χ3n) is 9.00. The number of hydrogen-bond donors (Lipinski definition) is 3. The lowest BCUT2D eigenvalue weighted by atomic mass is 9.93. The molecule has 0 radical (unpaired) electrons. The van der Waals surface area contributed by atoms with Gasteiger partial charge in [-0.15, -0.1) is 6.58 Å². The minimum absolute atomic E-state index is 0.0410. The zero-order valence-corrected chi connectivity index (χ0v) is 30.5. The number of hydrogen-bond acceptors (Lipinski definition) is 9. The number of carbonyl (C=O) groups is 5. The normalized spacial score (nSPS) is 18.8. The number of anilines is 1. The van der Waals surface area contributed by atoms with Crippen LogP contribution in [0.3, 0.4) is 0 Å². The molecule has 13 nitrogen and oxygen atoms in total. The van der Waals surface area contributed by atoms with Crippen LogP contribution in [0.15, 0.2) is 67.3 Å². The first-order chi connectivity index (χ1) is 24.1. The Morgan fingerprint density at radius 3 is 1.98 bits per heavy atom. The zero-order valence-electron chi connectivity index (χ0n) is 29.7. The molecule has 0 heterocycles. The number of nitrogens with one attached hydrogen (secondary N) is 3. The summed E-state index contributed by atoms with van der Waals surface area (Å²) in [4.78, 5) is 66.0. The van der Waals surface area contributed by atoms with E-state index < -0.39 is 56.6 Å². The van der Waals surface area contributed by atoms with Gasteiger partial charge in [-0.2, -0.15) is 12.7 Å². The van der Waals surface area contributed by atoms with E-state index in [0.717, 1.165) is 24.0 Å². The van der Waals surface area contributed by atoms with Gasteiger partial charge in [0.15, 0.2) is 0 Å². The molecule has 4 rings (SSSR count). The van der Waals surface area contributed by atoms with Crippen LogP contribution in [-0.2, 0) is 51.7 Å². The first kappa shape index (κ1) is 39.1. The van der Waals surface area contributed by atoms with Crippen molar-refractivity contribution in [2.75, 3.05) is 11.4 Å². The number of amides is 4. The highest BCUT2D eigenvalue weighted by Crippen LogP contribution is 2.46. The smallest absolute Gasteiger partial charge is 0.408 e. The van der Waals surface area contributed by atoms with Crippen LogP contribution >= 0.6 is 0 Å². The number of carbonyl (C=O) groups excluding carboxylic acids is 5. The maximum atomic E-state index is 14.2. The van der Waals surface area contributed by atoms with Crippen molar-refractivity contribution in [3.8, 4) is 0 Å². The fourth-order valence-electron chi connectivity index (χ4n) is 6.29. The summed E-state index contributed by atoms with van der Waals surface area (Å²) in [6.07, 6.45) is 4.25. The standard InChI is InChI=1S/C37H48N4O9S/c1-6-28-25-37(28,38-32(44)36(39-34(46)50-35(2,3)4)23-26-17-15-16-18-27(26)24-36)33(45)40-51(47,48)41(29-19-11-10-12-20-29)30(42)21-13-8-7-9-14-22-31(43)49-5/h6,10-12,15-20,28H,1,7-9,13-14,21-25H2,2-5H3,(H,38,44)(H,39,46)(H,40,45)/t28-,37-/m1/s1. The third kappa shape index (κ3) is 9.75. The van der Waals surface area contributed by atoms with Gasteiger partial charge in [-0.25, -0.2) is 9.52 Å². The summed E-state index contributed by atoms with van der Waals surface area (Å²) in [5, 5.41) is 5.51. The Bertz CT molecular complexity index is 1710. The molecule has 51 heavy (non-hydrogen) atoms. The van der Waals surface area contributed by atoms with E-state index in [1.165, 1.54) is 25.3 Å². The Hall–Kier alpha value is -4.72. The van der Waals surface area contributed by atoms with Gasteiger partial charge in [0.2, 0.25) is 11.8 Å². The molecule has 3 N–H and O–H groups in total. The van der Waals surface area contributed by atoms with Crippen LogP contribution in [-0.4, -0.2) is 62.0 Å². The molecule has 2 aromatic carbocycles. The van der Waals surface area contributed by atoms with Crippen molar-refractivity contribution in [1.29, 1.82) is 0 Å². The van der Waals surface area contributed by atoms with Gasteiger partial charge in [0.05, 0.1) is 12.8 Å². The van der Waals surface area contributed by atoms with Crippen LogP contribution in [0.25, 0.3) is 0 Å². The largest absolute Gasteiger partial charge is 0.469 e. The molecule has 0 bridgehead atoms. The highest BCUT2D eigenvalue weighted by Gasteiger charge is 2.62. The van der Waals surface area contributed by atoms with Crippen LogP contribution in [0.5, 0.6) is 0 Å². The number of alkyl carbamates (subject to hydrolysis) is 1. The topological polar surface area (TPSA) is 177 Å². The molecule has 1 saturated carbocycles. The average Bonchev–Trinajstić information content (AvgIpc) is 3.65. The van der Waals surface area contributed by atoms with E-state index in [1.807, 2.05) is 24.3 Å². The molecule has 14 heteroatoms. The molecule has 0 spiro atoms. The van der Waals surface area contributed by atoms with E-state index in [2.05, 4.69) is 26.7 Å². The molecule has 0 unspecified atom stereocenters. The van der Waals surface area contributed by atoms with Crippen LogP contribution < -0.4 is 19.7 Å². The molecule has 0 aliphatic heterocycles. The second-order valence-electron chi connectivity index (χ2n) is 14.1. The third-order valence-corrected chi connectivity index (χ3v) is 10.3. The van der Waals surface area contributed by atoms with Crippen molar-refractivity contribution >= 4 is 45.7 Å². The fraction of sp³-hybridized carbons (Fsp3) is 0.486. The predicted molar refractivity (Wildman–Crippen MR) is 190 cm³/mol. The lowest BCUT2D eigenvalue weighted by Gasteiger charge is -2.32. The maximum Gasteiger partial charge on any atom is 0.408 e. The van der Waals surface area contributed by atoms with Crippen molar-refractivity contribution in [2.45, 2.75) is 102 Å². The SMILES string of the molecule is C=C[C@@H]1C[C@]1(NC(=O)C1(NC(=O)OC(C)(C)C)Cc2ccccc2C1)C(=O)NS(=O)(=O)N(C(=O)CCCCCCCC(=O)OC)c1ccccc1. The number of benzene rings is 2. The summed E-state index contributed by atoms with van der Waals surface area (Å²) in [7, 11) is -3.48. The first-order valence-electron chi connectivity index (χ1n) is 17.1. The molecule has 2 aliphatic rings. The Morgan fingerprint density at radius 2 is 1.43 bits per heavy atom. The Balaban J connectivity index is 1.51. The maximum absolute atomic E-state index is 14.2. The van der Waals surface area contributed by atoms with Crippen LogP contribution in [0.2, 0.25) is 0 Å². The number of esters is 1. The number of methoxy groups -OCH3 is 1. The molecule has 4 amide bonds. The van der Waals surface area contributed by atoms with Crippen LogP contribution in [0.4, 0.5) is 10.5 Å². The van der Waals surface area contributed by atoms with Crippen molar-refractivity contribution in [3.63, 3.8) is 0 Å². The summed E-state index contributed by atoms with van der Waals surface area (Å²) in [5.74, 6) is -3.38. The summed E-state index contributed by atoms with van der Waals surface area (Å²) in [6, 6.07) is 15.0. The summed E-state index contributed by atoms with van der Waals surface area (Å²) in [6.45, 7) is 8.85. The minimum atomic E-state index is -4.81. The summed E-state index contributed by atoms with van der Waals surface area (Å²) < 4.78 is 40.5. The van der Waals surface area contributed by atoms with Gasteiger partial charge in [-0.3, -0.25) is 19.2 Å². The quantitative estimate of drug-likeness (QED) is 0.129. The molecular formula is C37H48N4O9S. The summed E-state index contributed by atoms with van der Waals surface area (Å²) in [5.41, 5.74) is -2.38. The number of nitrogens with zero attached hydrogens (tertiary/aromatic N) is 1. The Labute approximate surface area is 299 Å². The predicted octanol–water partition coefficient (Wildman–Crippen LogP) is 4.41. The van der Waals surface area contributed by atoms with E-state index in [-0.39, 0.29) is 37.3 Å². The molecule has 0 aromatic heterocycles. The molecule has 2 aromatic rings. The number of fused-ring (bicyclic) bond motifs is 1. The van der Waals surface area contributed by atoms with E-state index in [0.29, 0.717) is 30.0 Å². The van der Waals surface area contributed by atoms with Gasteiger partial charge >= 0.3 is 22.3 Å². The Morgan fingerprint density at radius 1 is 0.863 bits per heavy atom. The molecule has 0 saturated heterocycles. The minimum Gasteiger partial charge on any atom is -0.469 e.